The quantitative estimate of drug-likeness (QED) is 0.146. The molecule has 0 fully saturated rings. The zero-order chi connectivity index (χ0) is 31.1. The molecule has 0 radical (unpaired) electrons. The summed E-state index contributed by atoms with van der Waals surface area (Å²) in [6.07, 6.45) is 7.10. The van der Waals surface area contributed by atoms with Gasteiger partial charge in [-0.1, -0.05) is 30.3 Å². The van der Waals surface area contributed by atoms with Gasteiger partial charge in [-0.05, 0) is 69.0 Å². The SMILES string of the molecule is COc1ccc(CN(Cc2ccc(OC)cc2)c2ncccc2Cn2ccn3ncc4c(Br)c(F)c5nc(Cl)nc2c5c43)cc1. The van der Waals surface area contributed by atoms with Crippen molar-refractivity contribution in [2.75, 3.05) is 19.1 Å². The van der Waals surface area contributed by atoms with Gasteiger partial charge in [0.2, 0.25) is 5.28 Å². The molecule has 0 aliphatic heterocycles. The maximum atomic E-state index is 15.6. The molecule has 4 heterocycles. The third-order valence-corrected chi connectivity index (χ3v) is 8.71. The first-order valence-electron chi connectivity index (χ1n) is 14.0. The monoisotopic (exact) mass is 685 g/mol. The van der Waals surface area contributed by atoms with Gasteiger partial charge in [0.05, 0.1) is 42.3 Å². The smallest absolute Gasteiger partial charge is 0.225 e. The van der Waals surface area contributed by atoms with Gasteiger partial charge in [0.15, 0.2) is 5.82 Å². The fourth-order valence-corrected chi connectivity index (χ4v) is 6.23. The topological polar surface area (TPSA) is 82.6 Å². The number of pyridine rings is 1. The number of hydrogen-bond donors (Lipinski definition) is 0. The van der Waals surface area contributed by atoms with Gasteiger partial charge >= 0.3 is 0 Å². The van der Waals surface area contributed by atoms with Crippen molar-refractivity contribution < 1.29 is 13.9 Å². The zero-order valence-corrected chi connectivity index (χ0v) is 26.6. The number of anilines is 1. The molecule has 0 aliphatic carbocycles. The average Bonchev–Trinajstić information content (AvgIpc) is 3.43. The number of nitrogens with zero attached hydrogens (tertiary/aromatic N) is 7. The Morgan fingerprint density at radius 2 is 1.58 bits per heavy atom. The summed E-state index contributed by atoms with van der Waals surface area (Å²) in [6, 6.07) is 20.0. The van der Waals surface area contributed by atoms with E-state index < -0.39 is 5.82 Å². The lowest BCUT2D eigenvalue weighted by molar-refractivity contribution is 0.414. The van der Waals surface area contributed by atoms with Gasteiger partial charge in [0.25, 0.3) is 0 Å². The van der Waals surface area contributed by atoms with E-state index in [1.54, 1.807) is 31.1 Å². The van der Waals surface area contributed by atoms with Crippen LogP contribution in [0.25, 0.3) is 27.5 Å². The van der Waals surface area contributed by atoms with Crippen LogP contribution in [0, 0.1) is 5.82 Å². The second-order valence-corrected chi connectivity index (χ2v) is 11.6. The number of benzene rings is 3. The molecule has 0 bridgehead atoms. The highest BCUT2D eigenvalue weighted by atomic mass is 79.9. The van der Waals surface area contributed by atoms with Crippen LogP contribution in [0.2, 0.25) is 5.28 Å². The molecule has 12 heteroatoms. The third kappa shape index (κ3) is 5.42. The highest BCUT2D eigenvalue weighted by Gasteiger charge is 2.22. The Hall–Kier alpha value is -4.74. The summed E-state index contributed by atoms with van der Waals surface area (Å²) in [6.45, 7) is 1.55. The van der Waals surface area contributed by atoms with Crippen molar-refractivity contribution in [1.29, 1.82) is 0 Å². The zero-order valence-electron chi connectivity index (χ0n) is 24.3. The summed E-state index contributed by atoms with van der Waals surface area (Å²) in [5, 5.41) is 5.56. The minimum atomic E-state index is -0.517. The summed E-state index contributed by atoms with van der Waals surface area (Å²) in [5.74, 6) is 1.86. The summed E-state index contributed by atoms with van der Waals surface area (Å²) >= 11 is 9.77. The summed E-state index contributed by atoms with van der Waals surface area (Å²) in [5.41, 5.74) is 4.41. The number of ether oxygens (including phenoxy) is 2. The van der Waals surface area contributed by atoms with E-state index in [-0.39, 0.29) is 15.3 Å². The van der Waals surface area contributed by atoms with Crippen LogP contribution in [-0.4, -0.2) is 43.4 Å². The average molecular weight is 687 g/mol. The third-order valence-electron chi connectivity index (χ3n) is 7.76. The molecular formula is C33H26BrClFN7O2. The van der Waals surface area contributed by atoms with Crippen LogP contribution in [0.15, 0.2) is 89.9 Å². The van der Waals surface area contributed by atoms with Gasteiger partial charge in [-0.3, -0.25) is 0 Å². The normalized spacial score (nSPS) is 11.5. The van der Waals surface area contributed by atoms with Crippen LogP contribution in [0.1, 0.15) is 16.7 Å². The first kappa shape index (κ1) is 29.0. The second-order valence-electron chi connectivity index (χ2n) is 10.5. The molecule has 0 N–H and O–H groups in total. The molecule has 4 aromatic heterocycles. The molecule has 9 nitrogen and oxygen atoms in total. The van der Waals surface area contributed by atoms with Gasteiger partial charge in [-0.15, -0.1) is 0 Å². The fraction of sp³-hybridized carbons (Fsp3) is 0.152. The lowest BCUT2D eigenvalue weighted by Crippen LogP contribution is -2.25. The Bertz CT molecular complexity index is 2120. The maximum Gasteiger partial charge on any atom is 0.225 e. The standard InChI is InChI=1S/C33H26BrClFN7O2/c1-44-23-9-5-20(6-10-23)17-42(18-21-7-11-24(45-2)12-8-21)31-22(4-3-13-37-31)19-41-14-15-43-30-25(16-38-43)27(34)28(36)29-26(30)32(41)40-33(35)39-29/h3-16H,17-19H2,1-2H3. The Labute approximate surface area is 270 Å². The van der Waals surface area contributed by atoms with Crippen LogP contribution in [0.5, 0.6) is 11.5 Å². The molecule has 3 aromatic carbocycles. The molecule has 7 aromatic rings. The van der Waals surface area contributed by atoms with Crippen LogP contribution >= 0.6 is 27.5 Å². The van der Waals surface area contributed by atoms with E-state index in [4.69, 9.17) is 26.1 Å². The summed E-state index contributed by atoms with van der Waals surface area (Å²) in [4.78, 5) is 16.0. The van der Waals surface area contributed by atoms with Gasteiger partial charge in [-0.2, -0.15) is 10.1 Å². The molecule has 0 unspecified atom stereocenters. The number of aromatic nitrogens is 6. The number of rotatable bonds is 9. The number of methoxy groups -OCH3 is 2. The van der Waals surface area contributed by atoms with E-state index >= 15 is 4.39 Å². The lowest BCUT2D eigenvalue weighted by atomic mass is 10.1. The molecule has 45 heavy (non-hydrogen) atoms. The highest BCUT2D eigenvalue weighted by molar-refractivity contribution is 9.10. The van der Waals surface area contributed by atoms with Crippen LogP contribution < -0.4 is 14.4 Å². The lowest BCUT2D eigenvalue weighted by Gasteiger charge is -2.27. The van der Waals surface area contributed by atoms with E-state index in [2.05, 4.69) is 60.2 Å². The van der Waals surface area contributed by atoms with Crippen molar-refractivity contribution in [3.05, 3.63) is 118 Å². The van der Waals surface area contributed by atoms with Crippen molar-refractivity contribution >= 4 is 60.8 Å². The summed E-state index contributed by atoms with van der Waals surface area (Å²) < 4.78 is 30.2. The van der Waals surface area contributed by atoms with E-state index in [9.17, 15) is 0 Å². The molecule has 0 amide bonds. The van der Waals surface area contributed by atoms with Crippen molar-refractivity contribution in [2.45, 2.75) is 19.6 Å². The Morgan fingerprint density at radius 3 is 2.22 bits per heavy atom. The van der Waals surface area contributed by atoms with E-state index in [1.807, 2.05) is 53.4 Å². The Kier molecular flexibility index (Phi) is 7.72. The molecule has 0 saturated heterocycles. The second kappa shape index (κ2) is 12.0. The van der Waals surface area contributed by atoms with Crippen LogP contribution in [-0.2, 0) is 19.6 Å². The first-order chi connectivity index (χ1) is 21.9. The predicted molar refractivity (Wildman–Crippen MR) is 176 cm³/mol. The minimum Gasteiger partial charge on any atom is -0.497 e. The Balaban J connectivity index is 1.35. The van der Waals surface area contributed by atoms with Crippen LogP contribution in [0.3, 0.4) is 0 Å². The van der Waals surface area contributed by atoms with Gasteiger partial charge in [-0.25, -0.2) is 18.9 Å². The van der Waals surface area contributed by atoms with Crippen molar-refractivity contribution in [3.63, 3.8) is 0 Å². The highest BCUT2D eigenvalue weighted by Crippen LogP contribution is 2.37. The molecule has 226 valence electrons. The van der Waals surface area contributed by atoms with Crippen molar-refractivity contribution in [2.24, 2.45) is 0 Å². The van der Waals surface area contributed by atoms with Gasteiger partial charge < -0.3 is 18.9 Å². The minimum absolute atomic E-state index is 0.0546. The Morgan fingerprint density at radius 1 is 0.911 bits per heavy atom. The van der Waals surface area contributed by atoms with Crippen molar-refractivity contribution in [3.8, 4) is 11.5 Å². The van der Waals surface area contributed by atoms with E-state index in [0.29, 0.717) is 41.6 Å². The van der Waals surface area contributed by atoms with Crippen molar-refractivity contribution in [1.82, 2.24) is 29.1 Å². The van der Waals surface area contributed by atoms with Crippen LogP contribution in [0.4, 0.5) is 10.2 Å². The molecule has 7 rings (SSSR count). The summed E-state index contributed by atoms with van der Waals surface area (Å²) in [7, 11) is 3.31. The number of halogens is 3. The largest absolute Gasteiger partial charge is 0.497 e. The maximum absolute atomic E-state index is 15.6. The molecular weight excluding hydrogens is 661 g/mol. The molecule has 0 atom stereocenters. The predicted octanol–water partition coefficient (Wildman–Crippen LogP) is 7.45. The fourth-order valence-electron chi connectivity index (χ4n) is 5.59. The number of hydrogen-bond acceptors (Lipinski definition) is 7. The van der Waals surface area contributed by atoms with E-state index in [1.165, 1.54) is 0 Å². The molecule has 0 aliphatic rings. The van der Waals surface area contributed by atoms with Gasteiger partial charge in [0.1, 0.15) is 28.5 Å². The first-order valence-corrected chi connectivity index (χ1v) is 15.2. The van der Waals surface area contributed by atoms with Gasteiger partial charge in [0, 0.05) is 42.6 Å². The molecule has 0 spiro atoms. The van der Waals surface area contributed by atoms with E-state index in [0.717, 1.165) is 34.0 Å². The molecule has 0 saturated carbocycles.